The molecule has 0 radical (unpaired) electrons. The van der Waals surface area contributed by atoms with Crippen molar-refractivity contribution in [2.24, 2.45) is 23.0 Å². The fourth-order valence-corrected chi connectivity index (χ4v) is 1.16. The van der Waals surface area contributed by atoms with Crippen LogP contribution in [0.1, 0.15) is 41.0 Å². The molecule has 0 fully saturated rings. The van der Waals surface area contributed by atoms with E-state index < -0.39 is 0 Å². The Balaban J connectivity index is 4.00. The van der Waals surface area contributed by atoms with Crippen LogP contribution in [0, 0.1) is 17.3 Å². The first kappa shape index (κ1) is 14.4. The maximum absolute atomic E-state index is 11.6. The van der Waals surface area contributed by atoms with Crippen molar-refractivity contribution in [3.63, 3.8) is 0 Å². The van der Waals surface area contributed by atoms with Gasteiger partial charge in [-0.25, -0.2) is 0 Å². The molecule has 2 atom stereocenters. The van der Waals surface area contributed by atoms with Gasteiger partial charge in [-0.1, -0.05) is 34.6 Å². The van der Waals surface area contributed by atoms with Gasteiger partial charge in [-0.2, -0.15) is 0 Å². The van der Waals surface area contributed by atoms with Gasteiger partial charge < -0.3 is 11.1 Å². The normalized spacial score (nSPS) is 15.9. The summed E-state index contributed by atoms with van der Waals surface area (Å²) in [5, 5.41) is 2.97. The smallest absolute Gasteiger partial charge is 0.224 e. The Bertz CT molecular complexity index is 192. The first-order valence-electron chi connectivity index (χ1n) is 5.80. The van der Waals surface area contributed by atoms with Gasteiger partial charge in [-0.15, -0.1) is 0 Å². The van der Waals surface area contributed by atoms with Crippen molar-refractivity contribution in [2.75, 3.05) is 13.1 Å². The van der Waals surface area contributed by atoms with Crippen LogP contribution in [-0.4, -0.2) is 19.0 Å². The summed E-state index contributed by atoms with van der Waals surface area (Å²) in [5.74, 6) is 0.532. The van der Waals surface area contributed by atoms with Gasteiger partial charge >= 0.3 is 0 Å². The first-order valence-corrected chi connectivity index (χ1v) is 5.80. The second-order valence-corrected chi connectivity index (χ2v) is 5.35. The average Bonchev–Trinajstić information content (AvgIpc) is 2.14. The highest BCUT2D eigenvalue weighted by Gasteiger charge is 2.21. The highest BCUT2D eigenvalue weighted by Crippen LogP contribution is 2.24. The lowest BCUT2D eigenvalue weighted by molar-refractivity contribution is -0.125. The molecule has 2 unspecified atom stereocenters. The van der Waals surface area contributed by atoms with Crippen molar-refractivity contribution in [3.05, 3.63) is 0 Å². The topological polar surface area (TPSA) is 55.1 Å². The number of hydrogen-bond donors (Lipinski definition) is 2. The molecule has 15 heavy (non-hydrogen) atoms. The van der Waals surface area contributed by atoms with Crippen LogP contribution in [0.2, 0.25) is 0 Å². The Labute approximate surface area is 93.8 Å². The zero-order chi connectivity index (χ0) is 12.1. The quantitative estimate of drug-likeness (QED) is 0.733. The molecule has 0 rings (SSSR count). The van der Waals surface area contributed by atoms with Crippen molar-refractivity contribution in [1.29, 1.82) is 0 Å². The van der Waals surface area contributed by atoms with Crippen LogP contribution in [0.4, 0.5) is 0 Å². The summed E-state index contributed by atoms with van der Waals surface area (Å²) in [6.45, 7) is 11.9. The third-order valence-corrected chi connectivity index (χ3v) is 3.21. The molecule has 0 saturated heterocycles. The van der Waals surface area contributed by atoms with Crippen LogP contribution in [0.15, 0.2) is 0 Å². The van der Waals surface area contributed by atoms with Gasteiger partial charge in [0.15, 0.2) is 0 Å². The Kier molecular flexibility index (Phi) is 5.88. The predicted octanol–water partition coefficient (Wildman–Crippen LogP) is 1.77. The summed E-state index contributed by atoms with van der Waals surface area (Å²) in [4.78, 5) is 11.6. The van der Waals surface area contributed by atoms with Gasteiger partial charge in [0.1, 0.15) is 0 Å². The van der Waals surface area contributed by atoms with E-state index in [1.54, 1.807) is 0 Å². The van der Waals surface area contributed by atoms with Gasteiger partial charge in [0, 0.05) is 19.0 Å². The van der Waals surface area contributed by atoms with E-state index in [0.29, 0.717) is 12.5 Å². The molecule has 0 aliphatic carbocycles. The minimum absolute atomic E-state index is 0.0304. The lowest BCUT2D eigenvalue weighted by Crippen LogP contribution is -2.39. The van der Waals surface area contributed by atoms with Crippen LogP contribution in [0.5, 0.6) is 0 Å². The summed E-state index contributed by atoms with van der Waals surface area (Å²) in [5.41, 5.74) is 5.75. The minimum atomic E-state index is -0.0304. The molecular formula is C12H26N2O. The maximum Gasteiger partial charge on any atom is 0.224 e. The highest BCUT2D eigenvalue weighted by atomic mass is 16.1. The average molecular weight is 214 g/mol. The lowest BCUT2D eigenvalue weighted by Gasteiger charge is -2.28. The molecule has 0 bridgehead atoms. The Hall–Kier alpha value is -0.570. The Morgan fingerprint density at radius 1 is 1.40 bits per heavy atom. The number of carbonyl (C=O) groups excluding carboxylic acids is 1. The number of nitrogens with one attached hydrogen (secondary N) is 1. The van der Waals surface area contributed by atoms with E-state index in [4.69, 9.17) is 5.73 Å². The van der Waals surface area contributed by atoms with Gasteiger partial charge in [0.2, 0.25) is 5.91 Å². The van der Waals surface area contributed by atoms with E-state index in [1.807, 2.05) is 6.92 Å². The third-order valence-electron chi connectivity index (χ3n) is 3.21. The molecule has 0 aliphatic rings. The molecule has 3 N–H and O–H groups in total. The molecule has 1 amide bonds. The molecular weight excluding hydrogens is 188 g/mol. The number of hydrogen-bond acceptors (Lipinski definition) is 2. The molecule has 3 nitrogen and oxygen atoms in total. The predicted molar refractivity (Wildman–Crippen MR) is 64.5 cm³/mol. The van der Waals surface area contributed by atoms with E-state index >= 15 is 0 Å². The van der Waals surface area contributed by atoms with Gasteiger partial charge in [-0.3, -0.25) is 4.79 Å². The van der Waals surface area contributed by atoms with Crippen molar-refractivity contribution >= 4 is 5.91 Å². The third kappa shape index (κ3) is 5.17. The van der Waals surface area contributed by atoms with Crippen LogP contribution in [0.25, 0.3) is 0 Å². The van der Waals surface area contributed by atoms with E-state index in [1.165, 1.54) is 0 Å². The highest BCUT2D eigenvalue weighted by molar-refractivity contribution is 5.78. The fourth-order valence-electron chi connectivity index (χ4n) is 1.16. The fraction of sp³-hybridized carbons (Fsp3) is 0.917. The molecule has 0 aliphatic heterocycles. The minimum Gasteiger partial charge on any atom is -0.356 e. The van der Waals surface area contributed by atoms with Crippen molar-refractivity contribution < 1.29 is 4.79 Å². The molecule has 0 aromatic rings. The second kappa shape index (κ2) is 6.11. The van der Waals surface area contributed by atoms with E-state index in [9.17, 15) is 4.79 Å². The first-order chi connectivity index (χ1) is 6.82. The second-order valence-electron chi connectivity index (χ2n) is 5.35. The van der Waals surface area contributed by atoms with Crippen LogP contribution < -0.4 is 11.1 Å². The van der Waals surface area contributed by atoms with Crippen molar-refractivity contribution in [2.45, 2.75) is 41.0 Å². The lowest BCUT2D eigenvalue weighted by atomic mass is 9.82. The molecule has 90 valence electrons. The number of carbonyl (C=O) groups is 1. The van der Waals surface area contributed by atoms with Gasteiger partial charge in [0.05, 0.1) is 0 Å². The molecule has 0 spiro atoms. The Morgan fingerprint density at radius 3 is 2.27 bits per heavy atom. The summed E-state index contributed by atoms with van der Waals surface area (Å²) in [7, 11) is 0. The largest absolute Gasteiger partial charge is 0.356 e. The zero-order valence-electron chi connectivity index (χ0n) is 10.8. The number of amides is 1. The van der Waals surface area contributed by atoms with E-state index in [-0.39, 0.29) is 17.2 Å². The molecule has 0 aromatic heterocycles. The van der Waals surface area contributed by atoms with Crippen LogP contribution >= 0.6 is 0 Å². The zero-order valence-corrected chi connectivity index (χ0v) is 10.8. The van der Waals surface area contributed by atoms with Crippen molar-refractivity contribution in [1.82, 2.24) is 5.32 Å². The standard InChI is InChI=1S/C12H26N2O/c1-6-10(7-13)11(15)14-8-9(2)12(3,4)5/h9-10H,6-8,13H2,1-5H3,(H,14,15). The molecule has 3 heteroatoms. The Morgan fingerprint density at radius 2 is 1.93 bits per heavy atom. The molecule has 0 saturated carbocycles. The summed E-state index contributed by atoms with van der Waals surface area (Å²) >= 11 is 0. The maximum atomic E-state index is 11.6. The summed E-state index contributed by atoms with van der Waals surface area (Å²) < 4.78 is 0. The van der Waals surface area contributed by atoms with Crippen LogP contribution in [0.3, 0.4) is 0 Å². The van der Waals surface area contributed by atoms with Gasteiger partial charge in [-0.05, 0) is 17.8 Å². The van der Waals surface area contributed by atoms with Crippen LogP contribution in [-0.2, 0) is 4.79 Å². The molecule has 0 heterocycles. The summed E-state index contributed by atoms with van der Waals surface area (Å²) in [6, 6.07) is 0. The number of rotatable bonds is 5. The summed E-state index contributed by atoms with van der Waals surface area (Å²) in [6.07, 6.45) is 0.812. The van der Waals surface area contributed by atoms with E-state index in [2.05, 4.69) is 33.0 Å². The van der Waals surface area contributed by atoms with E-state index in [0.717, 1.165) is 13.0 Å². The molecule has 0 aromatic carbocycles. The number of nitrogens with two attached hydrogens (primary N) is 1. The SMILES string of the molecule is CCC(CN)C(=O)NCC(C)C(C)(C)C. The van der Waals surface area contributed by atoms with Gasteiger partial charge in [0.25, 0.3) is 0 Å². The van der Waals surface area contributed by atoms with Crippen molar-refractivity contribution in [3.8, 4) is 0 Å². The monoisotopic (exact) mass is 214 g/mol.